The van der Waals surface area contributed by atoms with Crippen LogP contribution in [0.3, 0.4) is 0 Å². The predicted octanol–water partition coefficient (Wildman–Crippen LogP) is 4.70. The smallest absolute Gasteiger partial charge is 0.435 e. The highest BCUT2D eigenvalue weighted by Gasteiger charge is 2.34. The van der Waals surface area contributed by atoms with Crippen LogP contribution >= 0.6 is 11.3 Å². The molecule has 6 nitrogen and oxygen atoms in total. The van der Waals surface area contributed by atoms with Gasteiger partial charge in [0.25, 0.3) is 0 Å². The van der Waals surface area contributed by atoms with Crippen molar-refractivity contribution in [2.45, 2.75) is 33.2 Å². The van der Waals surface area contributed by atoms with E-state index >= 15 is 0 Å². The number of nitrogens with zero attached hydrogens (tertiary/aromatic N) is 3. The highest BCUT2D eigenvalue weighted by molar-refractivity contribution is 7.22. The Hall–Kier alpha value is -2.76. The Balaban J connectivity index is 1.69. The fourth-order valence-corrected chi connectivity index (χ4v) is 3.44. The lowest BCUT2D eigenvalue weighted by molar-refractivity contribution is -0.141. The van der Waals surface area contributed by atoms with Gasteiger partial charge in [-0.1, -0.05) is 18.3 Å². The number of aryl methyl sites for hydroxylation is 1. The van der Waals surface area contributed by atoms with Gasteiger partial charge in [-0.2, -0.15) is 27.1 Å². The minimum atomic E-state index is -4.56. The number of hydrogen-bond acceptors (Lipinski definition) is 5. The van der Waals surface area contributed by atoms with Crippen molar-refractivity contribution < 1.29 is 31.5 Å². The molecule has 1 unspecified atom stereocenters. The van der Waals surface area contributed by atoms with E-state index in [1.807, 2.05) is 0 Å². The molecule has 1 amide bonds. The van der Waals surface area contributed by atoms with E-state index in [9.17, 15) is 26.7 Å². The van der Waals surface area contributed by atoms with Gasteiger partial charge in [-0.15, -0.1) is 0 Å². The van der Waals surface area contributed by atoms with Gasteiger partial charge in [0.15, 0.2) is 10.8 Å². The zero-order valence-electron chi connectivity index (χ0n) is 15.1. The Bertz CT molecular complexity index is 1030. The van der Waals surface area contributed by atoms with Crippen LogP contribution in [-0.2, 0) is 17.5 Å². The lowest BCUT2D eigenvalue weighted by Gasteiger charge is -2.12. The zero-order valence-corrected chi connectivity index (χ0v) is 15.9. The second-order valence-electron chi connectivity index (χ2n) is 6.27. The highest BCUT2D eigenvalue weighted by Crippen LogP contribution is 2.31. The molecule has 29 heavy (non-hydrogen) atoms. The molecule has 0 saturated heterocycles. The largest absolute Gasteiger partial charge is 0.435 e. The lowest BCUT2D eigenvalue weighted by atomic mass is 10.1. The Morgan fingerprint density at radius 1 is 1.31 bits per heavy atom. The second kappa shape index (κ2) is 7.93. The second-order valence-corrected chi connectivity index (χ2v) is 7.30. The van der Waals surface area contributed by atoms with Crippen molar-refractivity contribution in [1.82, 2.24) is 14.8 Å². The van der Waals surface area contributed by atoms with E-state index in [0.717, 1.165) is 22.1 Å². The summed E-state index contributed by atoms with van der Waals surface area (Å²) < 4.78 is 68.8. The number of fused-ring (bicyclic) bond motifs is 1. The van der Waals surface area contributed by atoms with E-state index in [4.69, 9.17) is 0 Å². The van der Waals surface area contributed by atoms with Gasteiger partial charge in [-0.25, -0.2) is 4.98 Å². The lowest BCUT2D eigenvalue weighted by Crippen LogP contribution is -2.25. The first-order valence-corrected chi connectivity index (χ1v) is 9.12. The third kappa shape index (κ3) is 5.00. The van der Waals surface area contributed by atoms with E-state index in [0.29, 0.717) is 10.2 Å². The first-order valence-electron chi connectivity index (χ1n) is 8.31. The summed E-state index contributed by atoms with van der Waals surface area (Å²) in [6.45, 7) is 0.0137. The summed E-state index contributed by atoms with van der Waals surface area (Å²) in [5, 5.41) is 6.32. The molecule has 0 radical (unpaired) electrons. The molecule has 156 valence electrons. The SMILES string of the molecule is Cc1cc(C(F)(F)F)nn1CC(C)C(=O)Nc1nc2ccc(OC(F)F)cc2s1. The molecule has 0 fully saturated rings. The maximum atomic E-state index is 12.8. The van der Waals surface area contributed by atoms with Crippen LogP contribution in [-0.4, -0.2) is 27.3 Å². The summed E-state index contributed by atoms with van der Waals surface area (Å²) in [7, 11) is 0. The van der Waals surface area contributed by atoms with Crippen molar-refractivity contribution in [3.63, 3.8) is 0 Å². The molecule has 0 aliphatic heterocycles. The number of ether oxygens (including phenoxy) is 1. The molecule has 3 aromatic rings. The molecule has 1 atom stereocenters. The number of carbonyl (C=O) groups is 1. The number of aromatic nitrogens is 3. The summed E-state index contributed by atoms with van der Waals surface area (Å²) in [6, 6.07) is 5.11. The molecule has 12 heteroatoms. The van der Waals surface area contributed by atoms with Crippen molar-refractivity contribution in [3.8, 4) is 5.75 Å². The van der Waals surface area contributed by atoms with Gasteiger partial charge in [-0.3, -0.25) is 9.48 Å². The maximum Gasteiger partial charge on any atom is 0.435 e. The Morgan fingerprint density at radius 2 is 2.03 bits per heavy atom. The molecule has 0 aliphatic rings. The summed E-state index contributed by atoms with van der Waals surface area (Å²) in [5.41, 5.74) is -0.253. The topological polar surface area (TPSA) is 69.0 Å². The number of carbonyl (C=O) groups excluding carboxylic acids is 1. The molecule has 0 spiro atoms. The average molecular weight is 434 g/mol. The first kappa shape index (κ1) is 21.0. The number of nitrogens with one attached hydrogen (secondary N) is 1. The summed E-state index contributed by atoms with van der Waals surface area (Å²) in [5.74, 6) is -1.19. The van der Waals surface area contributed by atoms with Crippen molar-refractivity contribution in [3.05, 3.63) is 35.7 Å². The van der Waals surface area contributed by atoms with Gasteiger partial charge >= 0.3 is 12.8 Å². The highest BCUT2D eigenvalue weighted by atomic mass is 32.1. The molecule has 1 aromatic carbocycles. The van der Waals surface area contributed by atoms with Crippen LogP contribution in [0.4, 0.5) is 27.1 Å². The maximum absolute atomic E-state index is 12.8. The van der Waals surface area contributed by atoms with Gasteiger partial charge in [0.2, 0.25) is 5.91 Å². The molecular weight excluding hydrogens is 419 g/mol. The number of benzene rings is 1. The standard InChI is InChI=1S/C17H15F5N4O2S/c1-8(7-26-9(2)5-13(25-26)17(20,21)22)14(27)24-16-23-11-4-3-10(28-15(18)19)6-12(11)29-16/h3-6,8,15H,7H2,1-2H3,(H,23,24,27). The van der Waals surface area contributed by atoms with Crippen LogP contribution in [0.1, 0.15) is 18.3 Å². The fourth-order valence-electron chi connectivity index (χ4n) is 2.54. The van der Waals surface area contributed by atoms with E-state index in [2.05, 4.69) is 20.1 Å². The van der Waals surface area contributed by atoms with Crippen molar-refractivity contribution in [2.24, 2.45) is 5.92 Å². The predicted molar refractivity (Wildman–Crippen MR) is 96.0 cm³/mol. The van der Waals surface area contributed by atoms with Crippen LogP contribution in [0.15, 0.2) is 24.3 Å². The quantitative estimate of drug-likeness (QED) is 0.572. The summed E-state index contributed by atoms with van der Waals surface area (Å²) >= 11 is 1.06. The van der Waals surface area contributed by atoms with Gasteiger partial charge in [0.1, 0.15) is 5.75 Å². The molecule has 0 aliphatic carbocycles. The van der Waals surface area contributed by atoms with Crippen LogP contribution < -0.4 is 10.1 Å². The minimum Gasteiger partial charge on any atom is -0.435 e. The fraction of sp³-hybridized carbons (Fsp3) is 0.353. The number of hydrogen-bond donors (Lipinski definition) is 1. The van der Waals surface area contributed by atoms with Gasteiger partial charge in [-0.05, 0) is 31.2 Å². The number of halogens is 5. The van der Waals surface area contributed by atoms with Crippen molar-refractivity contribution in [2.75, 3.05) is 5.32 Å². The minimum absolute atomic E-state index is 0.0305. The number of thiazole rings is 1. The third-order valence-electron chi connectivity index (χ3n) is 3.98. The van der Waals surface area contributed by atoms with Crippen molar-refractivity contribution >= 4 is 32.6 Å². The van der Waals surface area contributed by atoms with Crippen LogP contribution in [0, 0.1) is 12.8 Å². The van der Waals surface area contributed by atoms with E-state index in [1.165, 1.54) is 25.1 Å². The monoisotopic (exact) mass is 434 g/mol. The third-order valence-corrected chi connectivity index (χ3v) is 4.91. The van der Waals surface area contributed by atoms with Gasteiger partial charge < -0.3 is 10.1 Å². The van der Waals surface area contributed by atoms with Crippen molar-refractivity contribution in [1.29, 1.82) is 0 Å². The zero-order chi connectivity index (χ0) is 21.3. The van der Waals surface area contributed by atoms with E-state index < -0.39 is 30.3 Å². The summed E-state index contributed by atoms with van der Waals surface area (Å²) in [6.07, 6.45) is -4.56. The van der Waals surface area contributed by atoms with Gasteiger partial charge in [0.05, 0.1) is 22.7 Å². The number of anilines is 1. The average Bonchev–Trinajstić information content (AvgIpc) is 3.16. The van der Waals surface area contributed by atoms with Crippen LogP contribution in [0.2, 0.25) is 0 Å². The number of alkyl halides is 5. The Kier molecular flexibility index (Phi) is 5.73. The molecule has 0 bridgehead atoms. The molecule has 0 saturated carbocycles. The molecule has 1 N–H and O–H groups in total. The Morgan fingerprint density at radius 3 is 2.66 bits per heavy atom. The Labute approximate surface area is 165 Å². The number of amides is 1. The summed E-state index contributed by atoms with van der Waals surface area (Å²) in [4.78, 5) is 16.6. The van der Waals surface area contributed by atoms with Crippen LogP contribution in [0.25, 0.3) is 10.2 Å². The van der Waals surface area contributed by atoms with Crippen LogP contribution in [0.5, 0.6) is 5.75 Å². The van der Waals surface area contributed by atoms with E-state index in [1.54, 1.807) is 6.92 Å². The van der Waals surface area contributed by atoms with Gasteiger partial charge in [0, 0.05) is 5.69 Å². The first-order chi connectivity index (χ1) is 13.5. The normalized spacial score (nSPS) is 13.1. The number of rotatable bonds is 6. The molecule has 2 heterocycles. The van der Waals surface area contributed by atoms with E-state index in [-0.39, 0.29) is 23.1 Å². The molecule has 3 rings (SSSR count). The molecular formula is C17H15F5N4O2S. The molecule has 2 aromatic heterocycles.